The van der Waals surface area contributed by atoms with Crippen molar-refractivity contribution in [1.82, 2.24) is 5.32 Å². The smallest absolute Gasteiger partial charge is 0.119 e. The first-order valence-corrected chi connectivity index (χ1v) is 9.40. The monoisotopic (exact) mass is 431 g/mol. The van der Waals surface area contributed by atoms with E-state index in [1.54, 1.807) is 18.4 Å². The lowest BCUT2D eigenvalue weighted by Gasteiger charge is -2.20. The quantitative estimate of drug-likeness (QED) is 0.617. The highest BCUT2D eigenvalue weighted by atomic mass is 79.9. The predicted octanol–water partition coefficient (Wildman–Crippen LogP) is 5.57. The highest BCUT2D eigenvalue weighted by molar-refractivity contribution is 9.10. The van der Waals surface area contributed by atoms with Crippen molar-refractivity contribution >= 4 is 43.2 Å². The van der Waals surface area contributed by atoms with Crippen molar-refractivity contribution in [3.8, 4) is 5.75 Å². The minimum Gasteiger partial charge on any atom is -0.497 e. The molecule has 0 bridgehead atoms. The Morgan fingerprint density at radius 1 is 1.29 bits per heavy atom. The second-order valence-electron chi connectivity index (χ2n) is 4.83. The van der Waals surface area contributed by atoms with E-state index in [2.05, 4.69) is 67.7 Å². The van der Waals surface area contributed by atoms with Crippen LogP contribution in [0.5, 0.6) is 5.75 Å². The molecule has 21 heavy (non-hydrogen) atoms. The first-order valence-electron chi connectivity index (χ1n) is 6.93. The first kappa shape index (κ1) is 17.0. The summed E-state index contributed by atoms with van der Waals surface area (Å²) >= 11 is 8.99. The molecule has 0 fully saturated rings. The van der Waals surface area contributed by atoms with E-state index in [0.717, 1.165) is 34.1 Å². The van der Waals surface area contributed by atoms with Gasteiger partial charge in [0.1, 0.15) is 5.75 Å². The summed E-state index contributed by atoms with van der Waals surface area (Å²) in [5, 5.41) is 5.77. The summed E-state index contributed by atoms with van der Waals surface area (Å²) in [6, 6.07) is 8.62. The summed E-state index contributed by atoms with van der Waals surface area (Å²) in [6.45, 7) is 3.19. The van der Waals surface area contributed by atoms with E-state index in [-0.39, 0.29) is 6.04 Å². The van der Waals surface area contributed by atoms with Crippen molar-refractivity contribution in [1.29, 1.82) is 0 Å². The second kappa shape index (κ2) is 8.32. The van der Waals surface area contributed by atoms with Crippen molar-refractivity contribution in [3.63, 3.8) is 0 Å². The zero-order chi connectivity index (χ0) is 15.2. The fourth-order valence-electron chi connectivity index (χ4n) is 2.19. The Kier molecular flexibility index (Phi) is 6.74. The highest BCUT2D eigenvalue weighted by Crippen LogP contribution is 2.32. The molecule has 0 saturated carbocycles. The van der Waals surface area contributed by atoms with Gasteiger partial charge in [0.2, 0.25) is 0 Å². The van der Waals surface area contributed by atoms with Gasteiger partial charge in [0.15, 0.2) is 0 Å². The third-order valence-electron chi connectivity index (χ3n) is 3.25. The molecule has 114 valence electrons. The van der Waals surface area contributed by atoms with Crippen LogP contribution in [-0.2, 0) is 6.42 Å². The molecular formula is C16H19Br2NOS. The fourth-order valence-corrected chi connectivity index (χ4v) is 4.21. The second-order valence-corrected chi connectivity index (χ2v) is 7.60. The topological polar surface area (TPSA) is 21.3 Å². The van der Waals surface area contributed by atoms with Crippen LogP contribution in [-0.4, -0.2) is 13.7 Å². The van der Waals surface area contributed by atoms with Crippen molar-refractivity contribution in [3.05, 3.63) is 49.0 Å². The van der Waals surface area contributed by atoms with Gasteiger partial charge in [0, 0.05) is 31.7 Å². The summed E-state index contributed by atoms with van der Waals surface area (Å²) in [5.74, 6) is 0.892. The van der Waals surface area contributed by atoms with Gasteiger partial charge in [0.05, 0.1) is 7.11 Å². The van der Waals surface area contributed by atoms with Gasteiger partial charge in [0.25, 0.3) is 0 Å². The molecule has 0 aliphatic rings. The van der Waals surface area contributed by atoms with Crippen LogP contribution < -0.4 is 10.1 Å². The SMILES string of the molecule is CCCNC(Cc1cc(Br)cs1)c1cc(OC)ccc1Br. The summed E-state index contributed by atoms with van der Waals surface area (Å²) in [4.78, 5) is 1.37. The number of methoxy groups -OCH3 is 1. The predicted molar refractivity (Wildman–Crippen MR) is 97.5 cm³/mol. The molecule has 2 nitrogen and oxygen atoms in total. The van der Waals surface area contributed by atoms with Crippen molar-refractivity contribution in [2.45, 2.75) is 25.8 Å². The maximum absolute atomic E-state index is 5.37. The Bertz CT molecular complexity index is 585. The molecule has 0 saturated heterocycles. The molecule has 0 amide bonds. The lowest BCUT2D eigenvalue weighted by molar-refractivity contribution is 0.412. The van der Waals surface area contributed by atoms with Crippen LogP contribution in [0.2, 0.25) is 0 Å². The van der Waals surface area contributed by atoms with E-state index in [0.29, 0.717) is 0 Å². The number of nitrogens with one attached hydrogen (secondary N) is 1. The Balaban J connectivity index is 2.26. The minimum absolute atomic E-state index is 0.278. The molecule has 1 N–H and O–H groups in total. The van der Waals surface area contributed by atoms with Crippen LogP contribution >= 0.6 is 43.2 Å². The molecule has 2 rings (SSSR count). The molecule has 0 aliphatic heterocycles. The van der Waals surface area contributed by atoms with Gasteiger partial charge in [-0.3, -0.25) is 0 Å². The largest absolute Gasteiger partial charge is 0.497 e. The van der Waals surface area contributed by atoms with Crippen molar-refractivity contribution in [2.24, 2.45) is 0 Å². The van der Waals surface area contributed by atoms with Gasteiger partial charge in [-0.2, -0.15) is 0 Å². The minimum atomic E-state index is 0.278. The van der Waals surface area contributed by atoms with E-state index in [1.807, 2.05) is 6.07 Å². The molecule has 1 aromatic carbocycles. The van der Waals surface area contributed by atoms with E-state index in [1.165, 1.54) is 10.4 Å². The molecule has 2 aromatic rings. The van der Waals surface area contributed by atoms with E-state index < -0.39 is 0 Å². The van der Waals surface area contributed by atoms with Crippen molar-refractivity contribution < 1.29 is 4.74 Å². The van der Waals surface area contributed by atoms with Gasteiger partial charge in [-0.1, -0.05) is 22.9 Å². The molecule has 0 aliphatic carbocycles. The number of thiophene rings is 1. The lowest BCUT2D eigenvalue weighted by atomic mass is 10.0. The van der Waals surface area contributed by atoms with E-state index in [4.69, 9.17) is 4.74 Å². The number of ether oxygens (including phenoxy) is 1. The molecule has 1 heterocycles. The number of hydrogen-bond donors (Lipinski definition) is 1. The number of benzene rings is 1. The highest BCUT2D eigenvalue weighted by Gasteiger charge is 2.16. The summed E-state index contributed by atoms with van der Waals surface area (Å²) in [7, 11) is 1.71. The van der Waals surface area contributed by atoms with Crippen LogP contribution in [0.25, 0.3) is 0 Å². The average Bonchev–Trinajstić information content (AvgIpc) is 2.89. The Morgan fingerprint density at radius 3 is 2.71 bits per heavy atom. The standard InChI is InChI=1S/C16H19Br2NOS/c1-3-6-19-16(9-13-7-11(17)10-21-13)14-8-12(20-2)4-5-15(14)18/h4-5,7-8,10,16,19H,3,6,9H2,1-2H3. The lowest BCUT2D eigenvalue weighted by Crippen LogP contribution is -2.24. The Morgan fingerprint density at radius 2 is 2.10 bits per heavy atom. The number of rotatable bonds is 7. The molecule has 1 atom stereocenters. The maximum atomic E-state index is 5.37. The van der Waals surface area contributed by atoms with Crippen molar-refractivity contribution in [2.75, 3.05) is 13.7 Å². The number of hydrogen-bond acceptors (Lipinski definition) is 3. The van der Waals surface area contributed by atoms with Crippen LogP contribution in [0.15, 0.2) is 38.6 Å². The molecule has 1 unspecified atom stereocenters. The summed E-state index contributed by atoms with van der Waals surface area (Å²) < 4.78 is 7.64. The van der Waals surface area contributed by atoms with Gasteiger partial charge < -0.3 is 10.1 Å². The van der Waals surface area contributed by atoms with Crippen LogP contribution in [0, 0.1) is 0 Å². The zero-order valence-electron chi connectivity index (χ0n) is 12.2. The molecular weight excluding hydrogens is 414 g/mol. The maximum Gasteiger partial charge on any atom is 0.119 e. The van der Waals surface area contributed by atoms with Crippen LogP contribution in [0.4, 0.5) is 0 Å². The van der Waals surface area contributed by atoms with E-state index >= 15 is 0 Å². The molecule has 0 spiro atoms. The third-order valence-corrected chi connectivity index (χ3v) is 5.69. The number of halogens is 2. The Hall–Kier alpha value is -0.360. The van der Waals surface area contributed by atoms with Gasteiger partial charge in [-0.05, 0) is 58.7 Å². The molecule has 5 heteroatoms. The van der Waals surface area contributed by atoms with Gasteiger partial charge in [-0.25, -0.2) is 0 Å². The van der Waals surface area contributed by atoms with Gasteiger partial charge in [-0.15, -0.1) is 11.3 Å². The van der Waals surface area contributed by atoms with E-state index in [9.17, 15) is 0 Å². The molecule has 0 radical (unpaired) electrons. The summed E-state index contributed by atoms with van der Waals surface area (Å²) in [5.41, 5.74) is 1.24. The summed E-state index contributed by atoms with van der Waals surface area (Å²) in [6.07, 6.45) is 2.09. The van der Waals surface area contributed by atoms with Crippen LogP contribution in [0.3, 0.4) is 0 Å². The molecule has 1 aromatic heterocycles. The fraction of sp³-hybridized carbons (Fsp3) is 0.375. The van der Waals surface area contributed by atoms with Gasteiger partial charge >= 0.3 is 0 Å². The van der Waals surface area contributed by atoms with Crippen LogP contribution in [0.1, 0.15) is 29.8 Å². The zero-order valence-corrected chi connectivity index (χ0v) is 16.1. The Labute approximate surface area is 147 Å². The third kappa shape index (κ3) is 4.81. The average molecular weight is 433 g/mol. The normalized spacial score (nSPS) is 12.4. The first-order chi connectivity index (χ1) is 10.1.